The molecule has 0 aromatic carbocycles. The molecular weight excluding hydrogens is 290 g/mol. The van der Waals surface area contributed by atoms with Crippen molar-refractivity contribution in [2.45, 2.75) is 26.3 Å². The molecule has 2 heterocycles. The van der Waals surface area contributed by atoms with Crippen LogP contribution in [0.15, 0.2) is 0 Å². The number of hydrogen-bond donors (Lipinski definition) is 1. The van der Waals surface area contributed by atoms with E-state index in [1.54, 1.807) is 4.31 Å². The van der Waals surface area contributed by atoms with E-state index in [9.17, 15) is 8.42 Å². The van der Waals surface area contributed by atoms with Gasteiger partial charge in [-0.15, -0.1) is 0 Å². The molecule has 2 aliphatic heterocycles. The quantitative estimate of drug-likeness (QED) is 0.745. The minimum Gasteiger partial charge on any atom is -0.381 e. The Labute approximate surface area is 128 Å². The van der Waals surface area contributed by atoms with E-state index in [2.05, 4.69) is 24.1 Å². The van der Waals surface area contributed by atoms with Gasteiger partial charge in [-0.2, -0.15) is 4.31 Å². The Morgan fingerprint density at radius 3 is 2.38 bits per heavy atom. The summed E-state index contributed by atoms with van der Waals surface area (Å²) in [7, 11) is -3.04. The third-order valence-electron chi connectivity index (χ3n) is 4.43. The highest BCUT2D eigenvalue weighted by molar-refractivity contribution is 7.88. The molecule has 1 N–H and O–H groups in total. The molecule has 21 heavy (non-hydrogen) atoms. The Morgan fingerprint density at radius 1 is 1.24 bits per heavy atom. The minimum atomic E-state index is -3.04. The summed E-state index contributed by atoms with van der Waals surface area (Å²) >= 11 is 0. The van der Waals surface area contributed by atoms with E-state index in [-0.39, 0.29) is 5.41 Å². The van der Waals surface area contributed by atoms with E-state index in [1.165, 1.54) is 6.26 Å². The Balaban J connectivity index is 1.88. The second-order valence-corrected chi connectivity index (χ2v) is 8.76. The highest BCUT2D eigenvalue weighted by Gasteiger charge is 2.37. The Kier molecular flexibility index (Phi) is 5.65. The van der Waals surface area contributed by atoms with Crippen molar-refractivity contribution >= 4 is 10.0 Å². The second-order valence-electron chi connectivity index (χ2n) is 6.78. The maximum Gasteiger partial charge on any atom is 0.211 e. The van der Waals surface area contributed by atoms with Gasteiger partial charge in [-0.3, -0.25) is 0 Å². The van der Waals surface area contributed by atoms with E-state index in [1.807, 2.05) is 0 Å². The van der Waals surface area contributed by atoms with Gasteiger partial charge in [0.25, 0.3) is 0 Å². The first-order valence-electron chi connectivity index (χ1n) is 7.79. The number of piperazine rings is 1. The summed E-state index contributed by atoms with van der Waals surface area (Å²) in [5.41, 5.74) is 0.178. The van der Waals surface area contributed by atoms with Crippen molar-refractivity contribution < 1.29 is 13.2 Å². The van der Waals surface area contributed by atoms with Crippen molar-refractivity contribution in [1.29, 1.82) is 0 Å². The van der Waals surface area contributed by atoms with Crippen LogP contribution in [-0.2, 0) is 14.8 Å². The molecule has 1 atom stereocenters. The molecule has 0 bridgehead atoms. The third-order valence-corrected chi connectivity index (χ3v) is 5.73. The lowest BCUT2D eigenvalue weighted by Gasteiger charge is -2.39. The van der Waals surface area contributed by atoms with Gasteiger partial charge < -0.3 is 15.0 Å². The predicted octanol–water partition coefficient (Wildman–Crippen LogP) is -0.0317. The van der Waals surface area contributed by atoms with Crippen molar-refractivity contribution in [2.75, 3.05) is 58.7 Å². The van der Waals surface area contributed by atoms with Crippen LogP contribution in [-0.4, -0.2) is 82.4 Å². The first-order chi connectivity index (χ1) is 9.81. The molecule has 1 unspecified atom stereocenters. The first kappa shape index (κ1) is 17.1. The van der Waals surface area contributed by atoms with Crippen LogP contribution in [0.25, 0.3) is 0 Å². The van der Waals surface area contributed by atoms with Crippen LogP contribution in [0, 0.1) is 5.41 Å². The monoisotopic (exact) mass is 319 g/mol. The van der Waals surface area contributed by atoms with Crippen LogP contribution in [0.2, 0.25) is 0 Å². The Morgan fingerprint density at radius 2 is 1.90 bits per heavy atom. The molecule has 0 aromatic heterocycles. The molecule has 0 aromatic rings. The highest BCUT2D eigenvalue weighted by atomic mass is 32.2. The van der Waals surface area contributed by atoms with Crippen LogP contribution >= 0.6 is 0 Å². The Bertz CT molecular complexity index is 425. The van der Waals surface area contributed by atoms with E-state index in [0.29, 0.717) is 19.1 Å². The molecule has 2 saturated heterocycles. The molecule has 0 radical (unpaired) electrons. The van der Waals surface area contributed by atoms with Crippen molar-refractivity contribution in [3.05, 3.63) is 0 Å². The van der Waals surface area contributed by atoms with Gasteiger partial charge in [-0.05, 0) is 6.42 Å². The number of sulfonamides is 1. The number of rotatable bonds is 6. The summed E-state index contributed by atoms with van der Waals surface area (Å²) in [6.07, 6.45) is 2.38. The van der Waals surface area contributed by atoms with Crippen molar-refractivity contribution in [3.8, 4) is 0 Å². The van der Waals surface area contributed by atoms with Crippen LogP contribution in [0.1, 0.15) is 20.3 Å². The fourth-order valence-corrected chi connectivity index (χ4v) is 3.91. The van der Waals surface area contributed by atoms with Crippen molar-refractivity contribution in [2.24, 2.45) is 5.41 Å². The highest BCUT2D eigenvalue weighted by Crippen LogP contribution is 2.29. The zero-order chi connectivity index (χ0) is 15.5. The molecule has 6 nitrogen and oxygen atoms in total. The number of nitrogens with one attached hydrogen (secondary N) is 1. The lowest BCUT2D eigenvalue weighted by atomic mass is 9.86. The lowest BCUT2D eigenvalue weighted by molar-refractivity contribution is 0.0885. The first-order valence-corrected chi connectivity index (χ1v) is 9.64. The molecule has 7 heteroatoms. The zero-order valence-electron chi connectivity index (χ0n) is 13.5. The Hall–Kier alpha value is -0.210. The third kappa shape index (κ3) is 4.89. The summed E-state index contributed by atoms with van der Waals surface area (Å²) < 4.78 is 30.3. The van der Waals surface area contributed by atoms with Crippen LogP contribution in [0.4, 0.5) is 0 Å². The fraction of sp³-hybridized carbons (Fsp3) is 1.00. The molecule has 0 aliphatic carbocycles. The summed E-state index contributed by atoms with van der Waals surface area (Å²) in [6.45, 7) is 10.8. The van der Waals surface area contributed by atoms with Crippen LogP contribution < -0.4 is 5.32 Å². The number of nitrogens with zero attached hydrogens (tertiary/aromatic N) is 2. The smallest absolute Gasteiger partial charge is 0.211 e. The summed E-state index contributed by atoms with van der Waals surface area (Å²) in [6, 6.07) is 0.476. The summed E-state index contributed by atoms with van der Waals surface area (Å²) in [5.74, 6) is 0. The SMILES string of the molecule is CC(C)NCC1(CN2CCN(S(C)(=O)=O)CC2)CCOC1. The normalized spacial score (nSPS) is 29.3. The van der Waals surface area contributed by atoms with E-state index >= 15 is 0 Å². The summed E-state index contributed by atoms with van der Waals surface area (Å²) in [5, 5.41) is 3.54. The predicted molar refractivity (Wildman–Crippen MR) is 83.9 cm³/mol. The zero-order valence-corrected chi connectivity index (χ0v) is 14.3. The average Bonchev–Trinajstić information content (AvgIpc) is 2.85. The van der Waals surface area contributed by atoms with Crippen molar-refractivity contribution in [1.82, 2.24) is 14.5 Å². The van der Waals surface area contributed by atoms with E-state index < -0.39 is 10.0 Å². The maximum absolute atomic E-state index is 11.6. The standard InChI is InChI=1S/C14H29N3O3S/c1-13(2)15-10-14(4-9-20-12-14)11-16-5-7-17(8-6-16)21(3,18)19/h13,15H,4-12H2,1-3H3. The molecule has 0 amide bonds. The maximum atomic E-state index is 11.6. The summed E-state index contributed by atoms with van der Waals surface area (Å²) in [4.78, 5) is 2.39. The van der Waals surface area contributed by atoms with Gasteiger partial charge >= 0.3 is 0 Å². The van der Waals surface area contributed by atoms with E-state index in [0.717, 1.165) is 45.8 Å². The fourth-order valence-electron chi connectivity index (χ4n) is 3.08. The molecule has 0 spiro atoms. The largest absolute Gasteiger partial charge is 0.381 e. The van der Waals surface area contributed by atoms with Gasteiger partial charge in [-0.1, -0.05) is 13.8 Å². The van der Waals surface area contributed by atoms with Gasteiger partial charge in [0.2, 0.25) is 10.0 Å². The second kappa shape index (κ2) is 6.91. The topological polar surface area (TPSA) is 61.9 Å². The molecule has 0 saturated carbocycles. The van der Waals surface area contributed by atoms with Gasteiger partial charge in [0.1, 0.15) is 0 Å². The van der Waals surface area contributed by atoms with Crippen LogP contribution in [0.5, 0.6) is 0 Å². The lowest BCUT2D eigenvalue weighted by Crippen LogP contribution is -2.53. The van der Waals surface area contributed by atoms with E-state index in [4.69, 9.17) is 4.74 Å². The minimum absolute atomic E-state index is 0.178. The van der Waals surface area contributed by atoms with Gasteiger partial charge in [-0.25, -0.2) is 8.42 Å². The van der Waals surface area contributed by atoms with Gasteiger partial charge in [0, 0.05) is 57.3 Å². The van der Waals surface area contributed by atoms with Gasteiger partial charge in [0.05, 0.1) is 12.9 Å². The molecule has 2 rings (SSSR count). The molecule has 124 valence electrons. The average molecular weight is 319 g/mol. The molecule has 2 aliphatic rings. The van der Waals surface area contributed by atoms with Crippen molar-refractivity contribution in [3.63, 3.8) is 0 Å². The number of hydrogen-bond acceptors (Lipinski definition) is 5. The molecular formula is C14H29N3O3S. The number of ether oxygens (including phenoxy) is 1. The molecule has 2 fully saturated rings. The van der Waals surface area contributed by atoms with Gasteiger partial charge in [0.15, 0.2) is 0 Å². The van der Waals surface area contributed by atoms with Crippen LogP contribution in [0.3, 0.4) is 0 Å².